The molecule has 10 heteroatoms. The van der Waals surface area contributed by atoms with Crippen LogP contribution in [0.3, 0.4) is 0 Å². The summed E-state index contributed by atoms with van der Waals surface area (Å²) >= 11 is 0. The van der Waals surface area contributed by atoms with E-state index in [2.05, 4.69) is 20.2 Å². The molecule has 0 aliphatic carbocycles. The molecule has 5 rings (SSSR count). The molecule has 9 nitrogen and oxygen atoms in total. The summed E-state index contributed by atoms with van der Waals surface area (Å²) in [6, 6.07) is 14.4. The highest BCUT2D eigenvalue weighted by Gasteiger charge is 2.20. The van der Waals surface area contributed by atoms with E-state index in [1.54, 1.807) is 42.6 Å². The first-order valence-electron chi connectivity index (χ1n) is 11.3. The number of phenols is 1. The number of anilines is 1. The number of pyridine rings is 1. The van der Waals surface area contributed by atoms with Gasteiger partial charge >= 0.3 is 0 Å². The van der Waals surface area contributed by atoms with Gasteiger partial charge < -0.3 is 21.3 Å². The van der Waals surface area contributed by atoms with Crippen molar-refractivity contribution in [1.29, 1.82) is 0 Å². The van der Waals surface area contributed by atoms with Crippen LogP contribution in [0.5, 0.6) is 11.5 Å². The molecule has 0 fully saturated rings. The van der Waals surface area contributed by atoms with E-state index in [1.165, 1.54) is 12.1 Å². The van der Waals surface area contributed by atoms with E-state index < -0.39 is 6.04 Å². The summed E-state index contributed by atoms with van der Waals surface area (Å²) in [5.74, 6) is 0.169. The highest BCUT2D eigenvalue weighted by atomic mass is 19.1. The second-order valence-corrected chi connectivity index (χ2v) is 8.45. The molecule has 0 radical (unpaired) electrons. The molecule has 0 amide bonds. The number of H-pyrrole nitrogens is 1. The maximum Gasteiger partial charge on any atom is 0.174 e. The maximum atomic E-state index is 13.5. The standard InChI is InChI=1S/C26H24FN7O2/c1-14-23-26(34-33-14)30-12-20(31-23)19-11-22(25(29)32-24(19)18-7-2-3-8-21(18)35)36-13-17(28)10-15-5-4-6-16(27)9-15/h2-9,11-12,17,35H,10,13,28H2,1H3,(H2,29,32)(H,30,33,34)/t17-/m1/s1. The average molecular weight is 486 g/mol. The van der Waals surface area contributed by atoms with E-state index in [0.717, 1.165) is 5.56 Å². The molecular weight excluding hydrogens is 461 g/mol. The highest BCUT2D eigenvalue weighted by molar-refractivity contribution is 5.86. The molecule has 3 aromatic heterocycles. The van der Waals surface area contributed by atoms with Gasteiger partial charge in [-0.05, 0) is 49.2 Å². The molecule has 0 aliphatic rings. The molecule has 2 aromatic carbocycles. The first-order chi connectivity index (χ1) is 17.4. The fraction of sp³-hybridized carbons (Fsp3) is 0.154. The minimum absolute atomic E-state index is 0.0463. The lowest BCUT2D eigenvalue weighted by molar-refractivity contribution is 0.288. The summed E-state index contributed by atoms with van der Waals surface area (Å²) in [5.41, 5.74) is 17.1. The Balaban J connectivity index is 1.51. The van der Waals surface area contributed by atoms with Gasteiger partial charge in [-0.25, -0.2) is 19.3 Å². The van der Waals surface area contributed by atoms with Crippen molar-refractivity contribution in [2.75, 3.05) is 12.3 Å². The Kier molecular flexibility index (Phi) is 6.17. The number of aromatic amines is 1. The van der Waals surface area contributed by atoms with E-state index in [0.29, 0.717) is 51.5 Å². The SMILES string of the molecule is Cc1n[nH]c2ncc(-c3cc(OC[C@H](N)Cc4cccc(F)c4)c(N)nc3-c3ccccc3O)nc12. The highest BCUT2D eigenvalue weighted by Crippen LogP contribution is 2.39. The fourth-order valence-electron chi connectivity index (χ4n) is 3.96. The summed E-state index contributed by atoms with van der Waals surface area (Å²) in [5, 5.41) is 17.5. The number of aromatic nitrogens is 5. The molecule has 0 bridgehead atoms. The molecule has 1 atom stereocenters. The predicted octanol–water partition coefficient (Wildman–Crippen LogP) is 3.77. The number of phenolic OH excluding ortho intramolecular Hbond substituents is 1. The Hall–Kier alpha value is -4.57. The summed E-state index contributed by atoms with van der Waals surface area (Å²) in [7, 11) is 0. The number of para-hydroxylation sites is 1. The van der Waals surface area contributed by atoms with Crippen LogP contribution in [-0.2, 0) is 6.42 Å². The van der Waals surface area contributed by atoms with Crippen molar-refractivity contribution in [3.05, 3.63) is 77.9 Å². The van der Waals surface area contributed by atoms with Crippen LogP contribution in [0.15, 0.2) is 60.8 Å². The number of hydrogen-bond acceptors (Lipinski definition) is 8. The largest absolute Gasteiger partial charge is 0.507 e. The summed E-state index contributed by atoms with van der Waals surface area (Å²) < 4.78 is 19.4. The van der Waals surface area contributed by atoms with Crippen LogP contribution in [0.25, 0.3) is 33.7 Å². The lowest BCUT2D eigenvalue weighted by atomic mass is 10.0. The van der Waals surface area contributed by atoms with Gasteiger partial charge in [0.05, 0.1) is 23.3 Å². The van der Waals surface area contributed by atoms with Crippen molar-refractivity contribution in [2.24, 2.45) is 5.73 Å². The topological polar surface area (TPSA) is 149 Å². The number of nitrogens with two attached hydrogens (primary N) is 2. The van der Waals surface area contributed by atoms with Gasteiger partial charge in [-0.2, -0.15) is 5.10 Å². The number of halogens is 1. The third kappa shape index (κ3) is 4.66. The zero-order valence-electron chi connectivity index (χ0n) is 19.4. The summed E-state index contributed by atoms with van der Waals surface area (Å²) in [6.07, 6.45) is 2.02. The molecule has 0 saturated heterocycles. The average Bonchev–Trinajstić information content (AvgIpc) is 3.23. The Labute approximate surface area is 206 Å². The number of nitrogen functional groups attached to an aromatic ring is 1. The number of nitrogens with one attached hydrogen (secondary N) is 1. The van der Waals surface area contributed by atoms with Crippen molar-refractivity contribution >= 4 is 17.0 Å². The number of aromatic hydroxyl groups is 1. The Morgan fingerprint density at radius 2 is 1.92 bits per heavy atom. The molecule has 0 saturated carbocycles. The summed E-state index contributed by atoms with van der Waals surface area (Å²) in [6.45, 7) is 1.96. The molecular formula is C26H24FN7O2. The summed E-state index contributed by atoms with van der Waals surface area (Å²) in [4.78, 5) is 13.7. The first-order valence-corrected chi connectivity index (χ1v) is 11.3. The molecule has 182 valence electrons. The number of fused-ring (bicyclic) bond motifs is 1. The second kappa shape index (κ2) is 9.59. The zero-order valence-corrected chi connectivity index (χ0v) is 19.4. The van der Waals surface area contributed by atoms with Crippen LogP contribution in [0.1, 0.15) is 11.3 Å². The van der Waals surface area contributed by atoms with Gasteiger partial charge in [0.2, 0.25) is 0 Å². The van der Waals surface area contributed by atoms with E-state index in [-0.39, 0.29) is 24.0 Å². The van der Waals surface area contributed by atoms with Crippen LogP contribution in [0, 0.1) is 12.7 Å². The molecule has 5 aromatic rings. The van der Waals surface area contributed by atoms with Crippen LogP contribution < -0.4 is 16.2 Å². The van der Waals surface area contributed by atoms with Gasteiger partial charge in [-0.1, -0.05) is 24.3 Å². The van der Waals surface area contributed by atoms with Crippen LogP contribution in [-0.4, -0.2) is 42.9 Å². The smallest absolute Gasteiger partial charge is 0.174 e. The Bertz CT molecular complexity index is 1550. The molecule has 3 heterocycles. The zero-order chi connectivity index (χ0) is 25.2. The molecule has 0 unspecified atom stereocenters. The van der Waals surface area contributed by atoms with Gasteiger partial charge in [0.15, 0.2) is 17.2 Å². The number of aryl methyl sites for hydroxylation is 1. The van der Waals surface area contributed by atoms with Crippen molar-refractivity contribution < 1.29 is 14.2 Å². The van der Waals surface area contributed by atoms with Gasteiger partial charge in [-0.15, -0.1) is 0 Å². The number of benzene rings is 2. The van der Waals surface area contributed by atoms with E-state index >= 15 is 0 Å². The third-order valence-corrected chi connectivity index (χ3v) is 5.73. The number of rotatable bonds is 7. The van der Waals surface area contributed by atoms with Crippen molar-refractivity contribution in [1.82, 2.24) is 25.1 Å². The lowest BCUT2D eigenvalue weighted by Crippen LogP contribution is -2.30. The maximum absolute atomic E-state index is 13.5. The Morgan fingerprint density at radius 1 is 1.08 bits per heavy atom. The van der Waals surface area contributed by atoms with Gasteiger partial charge in [0.25, 0.3) is 0 Å². The minimum atomic E-state index is -0.405. The number of ether oxygens (including phenoxy) is 1. The quantitative estimate of drug-likeness (QED) is 0.272. The second-order valence-electron chi connectivity index (χ2n) is 8.45. The molecule has 0 aliphatic heterocycles. The normalized spacial score (nSPS) is 12.1. The van der Waals surface area contributed by atoms with Crippen molar-refractivity contribution in [3.63, 3.8) is 0 Å². The van der Waals surface area contributed by atoms with Crippen LogP contribution >= 0.6 is 0 Å². The van der Waals surface area contributed by atoms with Crippen LogP contribution in [0.2, 0.25) is 0 Å². The minimum Gasteiger partial charge on any atom is -0.507 e. The van der Waals surface area contributed by atoms with Gasteiger partial charge in [-0.3, -0.25) is 5.10 Å². The number of nitrogens with zero attached hydrogens (tertiary/aromatic N) is 4. The molecule has 36 heavy (non-hydrogen) atoms. The predicted molar refractivity (Wildman–Crippen MR) is 135 cm³/mol. The number of hydrogen-bond donors (Lipinski definition) is 4. The fourth-order valence-corrected chi connectivity index (χ4v) is 3.96. The lowest BCUT2D eigenvalue weighted by Gasteiger charge is -2.17. The van der Waals surface area contributed by atoms with E-state index in [1.807, 2.05) is 13.0 Å². The third-order valence-electron chi connectivity index (χ3n) is 5.73. The van der Waals surface area contributed by atoms with E-state index in [9.17, 15) is 9.50 Å². The van der Waals surface area contributed by atoms with Crippen LogP contribution in [0.4, 0.5) is 10.2 Å². The first kappa shape index (κ1) is 23.2. The van der Waals surface area contributed by atoms with Crippen molar-refractivity contribution in [2.45, 2.75) is 19.4 Å². The van der Waals surface area contributed by atoms with Gasteiger partial charge in [0, 0.05) is 17.2 Å². The molecule has 6 N–H and O–H groups in total. The van der Waals surface area contributed by atoms with Crippen molar-refractivity contribution in [3.8, 4) is 34.0 Å². The van der Waals surface area contributed by atoms with Gasteiger partial charge in [0.1, 0.15) is 23.7 Å². The molecule has 0 spiro atoms. The Morgan fingerprint density at radius 3 is 2.72 bits per heavy atom. The monoisotopic (exact) mass is 485 g/mol. The van der Waals surface area contributed by atoms with E-state index in [4.69, 9.17) is 21.2 Å².